The average Bonchev–Trinajstić information content (AvgIpc) is 2.41. The number of nitriles is 1. The molecule has 2 aromatic rings. The van der Waals surface area contributed by atoms with Crippen LogP contribution in [-0.2, 0) is 0 Å². The molecule has 3 heteroatoms. The van der Waals surface area contributed by atoms with Gasteiger partial charge in [0.25, 0.3) is 0 Å². The van der Waals surface area contributed by atoms with Crippen LogP contribution in [-0.4, -0.2) is 0 Å². The van der Waals surface area contributed by atoms with Gasteiger partial charge in [-0.25, -0.2) is 0 Å². The first kappa shape index (κ1) is 13.0. The molecule has 0 aliphatic rings. The van der Waals surface area contributed by atoms with Gasteiger partial charge in [0.1, 0.15) is 17.6 Å². The van der Waals surface area contributed by atoms with Crippen LogP contribution in [0, 0.1) is 11.3 Å². The number of nitrogens with two attached hydrogens (primary N) is 1. The SMILES string of the molecule is CC(C)c1cccc(Oc2ccc(N)cc2C#N)c1. The fourth-order valence-electron chi connectivity index (χ4n) is 1.79. The van der Waals surface area contributed by atoms with Gasteiger partial charge in [0.2, 0.25) is 0 Å². The molecule has 0 aliphatic heterocycles. The summed E-state index contributed by atoms with van der Waals surface area (Å²) < 4.78 is 5.77. The van der Waals surface area contributed by atoms with E-state index >= 15 is 0 Å². The van der Waals surface area contributed by atoms with Gasteiger partial charge in [-0.3, -0.25) is 0 Å². The van der Waals surface area contributed by atoms with Gasteiger partial charge in [-0.1, -0.05) is 26.0 Å². The Bertz CT molecular complexity index is 627. The molecule has 0 aliphatic carbocycles. The van der Waals surface area contributed by atoms with Gasteiger partial charge in [0, 0.05) is 5.69 Å². The second-order valence-corrected chi connectivity index (χ2v) is 4.70. The molecular formula is C16H16N2O. The molecule has 3 nitrogen and oxygen atoms in total. The van der Waals surface area contributed by atoms with Crippen molar-refractivity contribution in [2.24, 2.45) is 0 Å². The Balaban J connectivity index is 2.31. The monoisotopic (exact) mass is 252 g/mol. The lowest BCUT2D eigenvalue weighted by Gasteiger charge is -2.11. The van der Waals surface area contributed by atoms with E-state index in [0.29, 0.717) is 22.9 Å². The van der Waals surface area contributed by atoms with Crippen molar-refractivity contribution in [2.45, 2.75) is 19.8 Å². The van der Waals surface area contributed by atoms with Crippen LogP contribution in [0.1, 0.15) is 30.9 Å². The van der Waals surface area contributed by atoms with Crippen molar-refractivity contribution in [1.82, 2.24) is 0 Å². The summed E-state index contributed by atoms with van der Waals surface area (Å²) in [5.74, 6) is 1.69. The highest BCUT2D eigenvalue weighted by atomic mass is 16.5. The first-order chi connectivity index (χ1) is 9.10. The third-order valence-electron chi connectivity index (χ3n) is 2.88. The molecule has 2 N–H and O–H groups in total. The van der Waals surface area contributed by atoms with Crippen molar-refractivity contribution >= 4 is 5.69 Å². The normalized spacial score (nSPS) is 10.2. The average molecular weight is 252 g/mol. The zero-order valence-electron chi connectivity index (χ0n) is 11.1. The molecule has 0 heterocycles. The predicted octanol–water partition coefficient (Wildman–Crippen LogP) is 4.06. The molecule has 96 valence electrons. The van der Waals surface area contributed by atoms with Gasteiger partial charge < -0.3 is 10.5 Å². The fraction of sp³-hybridized carbons (Fsp3) is 0.188. The quantitative estimate of drug-likeness (QED) is 0.838. The number of hydrogen-bond donors (Lipinski definition) is 1. The molecule has 0 radical (unpaired) electrons. The minimum absolute atomic E-state index is 0.436. The first-order valence-electron chi connectivity index (χ1n) is 6.17. The lowest BCUT2D eigenvalue weighted by Crippen LogP contribution is -1.93. The van der Waals surface area contributed by atoms with Gasteiger partial charge in [-0.15, -0.1) is 0 Å². The Labute approximate surface area is 113 Å². The van der Waals surface area contributed by atoms with Crippen LogP contribution in [0.5, 0.6) is 11.5 Å². The van der Waals surface area contributed by atoms with Crippen molar-refractivity contribution in [2.75, 3.05) is 5.73 Å². The number of benzene rings is 2. The van der Waals surface area contributed by atoms with E-state index in [2.05, 4.69) is 26.0 Å². The van der Waals surface area contributed by atoms with E-state index in [1.807, 2.05) is 18.2 Å². The van der Waals surface area contributed by atoms with Gasteiger partial charge in [-0.2, -0.15) is 5.26 Å². The summed E-state index contributed by atoms with van der Waals surface area (Å²) in [7, 11) is 0. The molecule has 19 heavy (non-hydrogen) atoms. The summed E-state index contributed by atoms with van der Waals surface area (Å²) in [4.78, 5) is 0. The number of nitrogens with zero attached hydrogens (tertiary/aromatic N) is 1. The molecule has 0 saturated carbocycles. The summed E-state index contributed by atoms with van der Waals surface area (Å²) >= 11 is 0. The third kappa shape index (κ3) is 3.05. The Hall–Kier alpha value is -2.47. The lowest BCUT2D eigenvalue weighted by molar-refractivity contribution is 0.480. The minimum Gasteiger partial charge on any atom is -0.456 e. The van der Waals surface area contributed by atoms with E-state index in [4.69, 9.17) is 15.7 Å². The van der Waals surface area contributed by atoms with E-state index in [-0.39, 0.29) is 0 Å². The van der Waals surface area contributed by atoms with Crippen LogP contribution in [0.15, 0.2) is 42.5 Å². The van der Waals surface area contributed by atoms with Crippen LogP contribution in [0.3, 0.4) is 0 Å². The van der Waals surface area contributed by atoms with Crippen LogP contribution < -0.4 is 10.5 Å². The molecule has 0 saturated heterocycles. The molecule has 2 aromatic carbocycles. The van der Waals surface area contributed by atoms with E-state index in [9.17, 15) is 0 Å². The van der Waals surface area contributed by atoms with Crippen molar-refractivity contribution in [3.05, 3.63) is 53.6 Å². The topological polar surface area (TPSA) is 59.0 Å². The Kier molecular flexibility index (Phi) is 3.72. The minimum atomic E-state index is 0.436. The van der Waals surface area contributed by atoms with E-state index in [1.54, 1.807) is 18.2 Å². The van der Waals surface area contributed by atoms with Crippen molar-refractivity contribution in [1.29, 1.82) is 5.26 Å². The van der Waals surface area contributed by atoms with E-state index in [1.165, 1.54) is 5.56 Å². The van der Waals surface area contributed by atoms with E-state index < -0.39 is 0 Å². The van der Waals surface area contributed by atoms with Crippen LogP contribution in [0.2, 0.25) is 0 Å². The summed E-state index contributed by atoms with van der Waals surface area (Å²) in [6.07, 6.45) is 0. The maximum Gasteiger partial charge on any atom is 0.145 e. The molecule has 0 unspecified atom stereocenters. The number of rotatable bonds is 3. The molecule has 2 rings (SSSR count). The van der Waals surface area contributed by atoms with E-state index in [0.717, 1.165) is 5.75 Å². The lowest BCUT2D eigenvalue weighted by atomic mass is 10.0. The maximum atomic E-state index is 9.08. The highest BCUT2D eigenvalue weighted by molar-refractivity contribution is 5.54. The van der Waals surface area contributed by atoms with Gasteiger partial charge in [0.05, 0.1) is 5.56 Å². The Morgan fingerprint density at radius 1 is 1.16 bits per heavy atom. The van der Waals surface area contributed by atoms with Gasteiger partial charge in [-0.05, 0) is 41.8 Å². The second kappa shape index (κ2) is 5.45. The van der Waals surface area contributed by atoms with Gasteiger partial charge in [0.15, 0.2) is 0 Å². The molecular weight excluding hydrogens is 236 g/mol. The maximum absolute atomic E-state index is 9.08. The second-order valence-electron chi connectivity index (χ2n) is 4.70. The van der Waals surface area contributed by atoms with Crippen molar-refractivity contribution in [3.8, 4) is 17.6 Å². The molecule has 0 fully saturated rings. The standard InChI is InChI=1S/C16H16N2O/c1-11(2)12-4-3-5-15(9-12)19-16-7-6-14(18)8-13(16)10-17/h3-9,11H,18H2,1-2H3. The number of ether oxygens (including phenoxy) is 1. The Morgan fingerprint density at radius 2 is 1.95 bits per heavy atom. The molecule has 0 amide bonds. The summed E-state index contributed by atoms with van der Waals surface area (Å²) in [6, 6.07) is 15.0. The number of anilines is 1. The first-order valence-corrected chi connectivity index (χ1v) is 6.17. The third-order valence-corrected chi connectivity index (χ3v) is 2.88. The van der Waals surface area contributed by atoms with Crippen LogP contribution >= 0.6 is 0 Å². The summed E-state index contributed by atoms with van der Waals surface area (Å²) in [5.41, 5.74) is 7.85. The van der Waals surface area contributed by atoms with Crippen LogP contribution in [0.4, 0.5) is 5.69 Å². The van der Waals surface area contributed by atoms with Gasteiger partial charge >= 0.3 is 0 Å². The summed E-state index contributed by atoms with van der Waals surface area (Å²) in [5, 5.41) is 9.08. The van der Waals surface area contributed by atoms with Crippen molar-refractivity contribution < 1.29 is 4.74 Å². The fourth-order valence-corrected chi connectivity index (χ4v) is 1.79. The molecule has 0 spiro atoms. The molecule has 0 bridgehead atoms. The molecule has 0 aromatic heterocycles. The highest BCUT2D eigenvalue weighted by Gasteiger charge is 2.06. The highest BCUT2D eigenvalue weighted by Crippen LogP contribution is 2.28. The van der Waals surface area contributed by atoms with Crippen molar-refractivity contribution in [3.63, 3.8) is 0 Å². The zero-order valence-corrected chi connectivity index (χ0v) is 11.1. The number of nitrogen functional groups attached to an aromatic ring is 1. The smallest absolute Gasteiger partial charge is 0.145 e. The zero-order chi connectivity index (χ0) is 13.8. The van der Waals surface area contributed by atoms with Crippen LogP contribution in [0.25, 0.3) is 0 Å². The largest absolute Gasteiger partial charge is 0.456 e. The summed E-state index contributed by atoms with van der Waals surface area (Å²) in [6.45, 7) is 4.26. The predicted molar refractivity (Wildman–Crippen MR) is 76.2 cm³/mol. The number of hydrogen-bond acceptors (Lipinski definition) is 3. The molecule has 0 atom stereocenters. The Morgan fingerprint density at radius 3 is 2.63 bits per heavy atom.